The van der Waals surface area contributed by atoms with Crippen molar-refractivity contribution < 1.29 is 14.3 Å². The summed E-state index contributed by atoms with van der Waals surface area (Å²) < 4.78 is 11.3. The van der Waals surface area contributed by atoms with Gasteiger partial charge in [-0.15, -0.1) is 0 Å². The zero-order chi connectivity index (χ0) is 20.9. The predicted molar refractivity (Wildman–Crippen MR) is 122 cm³/mol. The number of benzene rings is 2. The first-order valence-corrected chi connectivity index (χ1v) is 10.6. The van der Waals surface area contributed by atoms with Crippen molar-refractivity contribution in [2.24, 2.45) is 0 Å². The van der Waals surface area contributed by atoms with Crippen LogP contribution >= 0.6 is 12.2 Å². The van der Waals surface area contributed by atoms with Crippen LogP contribution in [-0.2, 0) is 0 Å². The van der Waals surface area contributed by atoms with Crippen LogP contribution in [0.1, 0.15) is 56.3 Å². The second kappa shape index (κ2) is 12.8. The van der Waals surface area contributed by atoms with Gasteiger partial charge in [0.05, 0.1) is 18.8 Å². The van der Waals surface area contributed by atoms with E-state index in [2.05, 4.69) is 17.6 Å². The van der Waals surface area contributed by atoms with Gasteiger partial charge in [0.2, 0.25) is 0 Å². The van der Waals surface area contributed by atoms with Crippen LogP contribution in [0, 0.1) is 0 Å². The monoisotopic (exact) mass is 414 g/mol. The highest BCUT2D eigenvalue weighted by Gasteiger charge is 2.13. The first kappa shape index (κ1) is 22.7. The molecule has 1 amide bonds. The molecule has 29 heavy (non-hydrogen) atoms. The van der Waals surface area contributed by atoms with Gasteiger partial charge < -0.3 is 14.8 Å². The number of para-hydroxylation sites is 1. The molecule has 0 fully saturated rings. The number of carbonyl (C=O) groups excluding carboxylic acids is 1. The van der Waals surface area contributed by atoms with Crippen LogP contribution in [-0.4, -0.2) is 24.2 Å². The Balaban J connectivity index is 1.79. The first-order chi connectivity index (χ1) is 14.1. The van der Waals surface area contributed by atoms with Crippen LogP contribution in [0.15, 0.2) is 48.5 Å². The van der Waals surface area contributed by atoms with Gasteiger partial charge in [-0.25, -0.2) is 0 Å². The topological polar surface area (TPSA) is 59.6 Å². The lowest BCUT2D eigenvalue weighted by Crippen LogP contribution is -2.34. The largest absolute Gasteiger partial charge is 0.494 e. The summed E-state index contributed by atoms with van der Waals surface area (Å²) in [7, 11) is 0. The number of carbonyl (C=O) groups is 1. The molecule has 0 saturated carbocycles. The Hall–Kier alpha value is -2.60. The molecule has 5 nitrogen and oxygen atoms in total. The minimum Gasteiger partial charge on any atom is -0.494 e. The van der Waals surface area contributed by atoms with E-state index in [1.54, 1.807) is 18.2 Å². The van der Waals surface area contributed by atoms with E-state index in [-0.39, 0.29) is 11.0 Å². The van der Waals surface area contributed by atoms with Gasteiger partial charge in [-0.1, -0.05) is 44.7 Å². The van der Waals surface area contributed by atoms with E-state index in [4.69, 9.17) is 21.7 Å². The highest BCUT2D eigenvalue weighted by molar-refractivity contribution is 7.80. The second-order valence-corrected chi connectivity index (χ2v) is 7.03. The molecule has 0 bridgehead atoms. The standard InChI is InChI=1S/C23H30N2O3S/c1-3-5-6-7-10-17-28-19-15-13-18(14-16-19)24-23(29)25-22(26)20-11-8-9-12-21(20)27-4-2/h8-9,11-16H,3-7,10,17H2,1-2H3,(H2,24,25,26,29). The number of hydrogen-bond acceptors (Lipinski definition) is 4. The first-order valence-electron chi connectivity index (χ1n) is 10.2. The minimum atomic E-state index is -0.311. The molecular formula is C23H30N2O3S. The minimum absolute atomic E-state index is 0.228. The molecule has 0 aromatic heterocycles. The molecular weight excluding hydrogens is 384 g/mol. The number of anilines is 1. The molecule has 0 aliphatic heterocycles. The van der Waals surface area contributed by atoms with Crippen molar-refractivity contribution in [3.63, 3.8) is 0 Å². The second-order valence-electron chi connectivity index (χ2n) is 6.62. The average Bonchev–Trinajstić information content (AvgIpc) is 2.72. The summed E-state index contributed by atoms with van der Waals surface area (Å²) in [6.45, 7) is 5.30. The van der Waals surface area contributed by atoms with Crippen molar-refractivity contribution in [1.82, 2.24) is 5.32 Å². The molecule has 2 N–H and O–H groups in total. The van der Waals surface area contributed by atoms with Gasteiger partial charge in [0.1, 0.15) is 11.5 Å². The highest BCUT2D eigenvalue weighted by Crippen LogP contribution is 2.18. The van der Waals surface area contributed by atoms with Crippen molar-refractivity contribution in [3.05, 3.63) is 54.1 Å². The number of rotatable bonds is 11. The quantitative estimate of drug-likeness (QED) is 0.372. The fraction of sp³-hybridized carbons (Fsp3) is 0.391. The predicted octanol–water partition coefficient (Wildman–Crippen LogP) is 5.56. The Morgan fingerprint density at radius 2 is 1.66 bits per heavy atom. The lowest BCUT2D eigenvalue weighted by Gasteiger charge is -2.13. The van der Waals surface area contributed by atoms with Gasteiger partial charge in [0, 0.05) is 5.69 Å². The third kappa shape index (κ3) is 8.11. The zero-order valence-corrected chi connectivity index (χ0v) is 18.0. The maximum atomic E-state index is 12.5. The molecule has 0 aliphatic rings. The molecule has 6 heteroatoms. The molecule has 0 radical (unpaired) electrons. The van der Waals surface area contributed by atoms with Crippen molar-refractivity contribution in [2.75, 3.05) is 18.5 Å². The van der Waals surface area contributed by atoms with Gasteiger partial charge in [-0.05, 0) is 62.0 Å². The van der Waals surface area contributed by atoms with E-state index in [0.29, 0.717) is 17.9 Å². The Morgan fingerprint density at radius 1 is 0.931 bits per heavy atom. The van der Waals surface area contributed by atoms with E-state index >= 15 is 0 Å². The summed E-state index contributed by atoms with van der Waals surface area (Å²) in [6.07, 6.45) is 6.07. The molecule has 0 heterocycles. The molecule has 156 valence electrons. The van der Waals surface area contributed by atoms with Gasteiger partial charge in [-0.2, -0.15) is 0 Å². The fourth-order valence-electron chi connectivity index (χ4n) is 2.80. The van der Waals surface area contributed by atoms with Crippen LogP contribution in [0.3, 0.4) is 0 Å². The lowest BCUT2D eigenvalue weighted by molar-refractivity contribution is 0.0974. The number of ether oxygens (including phenoxy) is 2. The van der Waals surface area contributed by atoms with Crippen LogP contribution in [0.2, 0.25) is 0 Å². The van der Waals surface area contributed by atoms with Crippen LogP contribution in [0.5, 0.6) is 11.5 Å². The highest BCUT2D eigenvalue weighted by atomic mass is 32.1. The Morgan fingerprint density at radius 3 is 2.38 bits per heavy atom. The van der Waals surface area contributed by atoms with Crippen molar-refractivity contribution in [2.45, 2.75) is 46.0 Å². The molecule has 0 aliphatic carbocycles. The van der Waals surface area contributed by atoms with Gasteiger partial charge in [0.25, 0.3) is 5.91 Å². The van der Waals surface area contributed by atoms with Gasteiger partial charge in [-0.3, -0.25) is 10.1 Å². The van der Waals surface area contributed by atoms with E-state index < -0.39 is 0 Å². The number of hydrogen-bond donors (Lipinski definition) is 2. The number of unbranched alkanes of at least 4 members (excludes halogenated alkanes) is 4. The normalized spacial score (nSPS) is 10.3. The molecule has 2 aromatic carbocycles. The summed E-state index contributed by atoms with van der Waals surface area (Å²) >= 11 is 5.26. The molecule has 0 unspecified atom stereocenters. The molecule has 2 aromatic rings. The third-order valence-corrected chi connectivity index (χ3v) is 4.49. The van der Waals surface area contributed by atoms with Crippen LogP contribution in [0.25, 0.3) is 0 Å². The average molecular weight is 415 g/mol. The van der Waals surface area contributed by atoms with E-state index in [1.807, 2.05) is 37.3 Å². The summed E-state index contributed by atoms with van der Waals surface area (Å²) in [6, 6.07) is 14.6. The molecule has 0 atom stereocenters. The number of amides is 1. The van der Waals surface area contributed by atoms with Gasteiger partial charge >= 0.3 is 0 Å². The SMILES string of the molecule is CCCCCCCOc1ccc(NC(=S)NC(=O)c2ccccc2OCC)cc1. The van der Waals surface area contributed by atoms with Gasteiger partial charge in [0.15, 0.2) is 5.11 Å². The smallest absolute Gasteiger partial charge is 0.261 e. The Bertz CT molecular complexity index is 778. The molecule has 0 spiro atoms. The Labute approximate surface area is 178 Å². The lowest BCUT2D eigenvalue weighted by atomic mass is 10.2. The van der Waals surface area contributed by atoms with E-state index in [0.717, 1.165) is 24.5 Å². The Kier molecular flexibility index (Phi) is 10.00. The summed E-state index contributed by atoms with van der Waals surface area (Å²) in [5.41, 5.74) is 1.23. The van der Waals surface area contributed by atoms with Crippen molar-refractivity contribution in [1.29, 1.82) is 0 Å². The molecule has 2 rings (SSSR count). The van der Waals surface area contributed by atoms with Crippen molar-refractivity contribution in [3.8, 4) is 11.5 Å². The summed E-state index contributed by atoms with van der Waals surface area (Å²) in [5.74, 6) is 1.05. The van der Waals surface area contributed by atoms with E-state index in [1.165, 1.54) is 25.7 Å². The fourth-order valence-corrected chi connectivity index (χ4v) is 3.01. The summed E-state index contributed by atoms with van der Waals surface area (Å²) in [4.78, 5) is 12.5. The van der Waals surface area contributed by atoms with Crippen molar-refractivity contribution >= 4 is 28.9 Å². The maximum absolute atomic E-state index is 12.5. The van der Waals surface area contributed by atoms with Crippen LogP contribution in [0.4, 0.5) is 5.69 Å². The number of thiocarbonyl (C=S) groups is 1. The zero-order valence-electron chi connectivity index (χ0n) is 17.2. The number of nitrogens with one attached hydrogen (secondary N) is 2. The van der Waals surface area contributed by atoms with Crippen LogP contribution < -0.4 is 20.1 Å². The molecule has 0 saturated heterocycles. The summed E-state index contributed by atoms with van der Waals surface area (Å²) in [5, 5.41) is 5.93. The van der Waals surface area contributed by atoms with E-state index in [9.17, 15) is 4.79 Å². The maximum Gasteiger partial charge on any atom is 0.261 e. The third-order valence-electron chi connectivity index (χ3n) is 4.29.